The van der Waals surface area contributed by atoms with E-state index >= 15 is 0 Å². The van der Waals surface area contributed by atoms with Crippen molar-refractivity contribution in [2.24, 2.45) is 17.6 Å². The van der Waals surface area contributed by atoms with Crippen molar-refractivity contribution in [3.63, 3.8) is 0 Å². The molecule has 1 saturated carbocycles. The van der Waals surface area contributed by atoms with Crippen LogP contribution in [0.1, 0.15) is 52.9 Å². The highest BCUT2D eigenvalue weighted by atomic mass is 16.5. The Bertz CT molecular complexity index is 164. The summed E-state index contributed by atoms with van der Waals surface area (Å²) in [5, 5.41) is 0. The average molecular weight is 213 g/mol. The first-order valence-corrected chi connectivity index (χ1v) is 6.52. The van der Waals surface area contributed by atoms with Crippen LogP contribution in [-0.2, 0) is 4.74 Å². The molecular formula is C13H27NO. The number of nitrogens with two attached hydrogens (primary N) is 1. The van der Waals surface area contributed by atoms with Crippen molar-refractivity contribution < 1.29 is 4.74 Å². The third-order valence-electron chi connectivity index (χ3n) is 3.52. The van der Waals surface area contributed by atoms with E-state index in [2.05, 4.69) is 20.8 Å². The molecule has 0 spiro atoms. The SMILES string of the molecule is CCOC(C(C)C)C(N)CC1CCCC1. The van der Waals surface area contributed by atoms with Gasteiger partial charge in [-0.3, -0.25) is 0 Å². The molecule has 0 bridgehead atoms. The van der Waals surface area contributed by atoms with Crippen LogP contribution < -0.4 is 5.73 Å². The van der Waals surface area contributed by atoms with Crippen LogP contribution in [0.4, 0.5) is 0 Å². The smallest absolute Gasteiger partial charge is 0.0748 e. The minimum atomic E-state index is 0.230. The lowest BCUT2D eigenvalue weighted by molar-refractivity contribution is 0.00752. The average Bonchev–Trinajstić information content (AvgIpc) is 2.65. The summed E-state index contributed by atoms with van der Waals surface area (Å²) in [4.78, 5) is 0. The van der Waals surface area contributed by atoms with Gasteiger partial charge in [0, 0.05) is 12.6 Å². The molecular weight excluding hydrogens is 186 g/mol. The monoisotopic (exact) mass is 213 g/mol. The van der Waals surface area contributed by atoms with Crippen LogP contribution in [0.3, 0.4) is 0 Å². The molecule has 2 atom stereocenters. The zero-order valence-electron chi connectivity index (χ0n) is 10.5. The van der Waals surface area contributed by atoms with Gasteiger partial charge in [-0.05, 0) is 25.2 Å². The van der Waals surface area contributed by atoms with E-state index in [1.807, 2.05) is 0 Å². The van der Waals surface area contributed by atoms with Crippen LogP contribution >= 0.6 is 0 Å². The second-order valence-electron chi connectivity index (χ2n) is 5.21. The summed E-state index contributed by atoms with van der Waals surface area (Å²) in [7, 11) is 0. The van der Waals surface area contributed by atoms with Gasteiger partial charge in [-0.1, -0.05) is 39.5 Å². The minimum Gasteiger partial charge on any atom is -0.377 e. The second-order valence-corrected chi connectivity index (χ2v) is 5.21. The summed E-state index contributed by atoms with van der Waals surface area (Å²) < 4.78 is 5.75. The fraction of sp³-hybridized carbons (Fsp3) is 1.00. The molecule has 2 heteroatoms. The molecule has 2 nitrogen and oxygen atoms in total. The molecule has 1 fully saturated rings. The van der Waals surface area contributed by atoms with Crippen molar-refractivity contribution in [3.8, 4) is 0 Å². The van der Waals surface area contributed by atoms with E-state index in [0.717, 1.165) is 18.9 Å². The van der Waals surface area contributed by atoms with Crippen LogP contribution in [-0.4, -0.2) is 18.8 Å². The van der Waals surface area contributed by atoms with E-state index in [9.17, 15) is 0 Å². The number of rotatable bonds is 6. The molecule has 2 unspecified atom stereocenters. The van der Waals surface area contributed by atoms with E-state index in [1.165, 1.54) is 25.7 Å². The Morgan fingerprint density at radius 2 is 1.87 bits per heavy atom. The lowest BCUT2D eigenvalue weighted by Gasteiger charge is -2.28. The minimum absolute atomic E-state index is 0.230. The summed E-state index contributed by atoms with van der Waals surface area (Å²) in [5.74, 6) is 1.39. The third kappa shape index (κ3) is 4.12. The summed E-state index contributed by atoms with van der Waals surface area (Å²) in [5.41, 5.74) is 6.26. The highest BCUT2D eigenvalue weighted by Crippen LogP contribution is 2.29. The van der Waals surface area contributed by atoms with Gasteiger partial charge in [0.25, 0.3) is 0 Å². The summed E-state index contributed by atoms with van der Waals surface area (Å²) in [6.45, 7) is 7.24. The van der Waals surface area contributed by atoms with Gasteiger partial charge in [0.1, 0.15) is 0 Å². The van der Waals surface area contributed by atoms with Gasteiger partial charge in [-0.25, -0.2) is 0 Å². The van der Waals surface area contributed by atoms with Crippen LogP contribution in [0.5, 0.6) is 0 Å². The van der Waals surface area contributed by atoms with Gasteiger partial charge >= 0.3 is 0 Å². The lowest BCUT2D eigenvalue weighted by atomic mass is 9.91. The van der Waals surface area contributed by atoms with E-state index in [0.29, 0.717) is 5.92 Å². The first-order chi connectivity index (χ1) is 7.15. The summed E-state index contributed by atoms with van der Waals surface area (Å²) in [6.07, 6.45) is 6.96. The standard InChI is InChI=1S/C13H27NO/c1-4-15-13(10(2)3)12(14)9-11-7-5-6-8-11/h10-13H,4-9,14H2,1-3H3. The fourth-order valence-corrected chi connectivity index (χ4v) is 2.77. The Morgan fingerprint density at radius 1 is 1.27 bits per heavy atom. The molecule has 0 aliphatic heterocycles. The van der Waals surface area contributed by atoms with Gasteiger partial charge in [-0.15, -0.1) is 0 Å². The van der Waals surface area contributed by atoms with Gasteiger partial charge in [0.15, 0.2) is 0 Å². The molecule has 1 aliphatic carbocycles. The van der Waals surface area contributed by atoms with Gasteiger partial charge in [0.05, 0.1) is 6.10 Å². The first-order valence-electron chi connectivity index (χ1n) is 6.52. The maximum atomic E-state index is 6.26. The lowest BCUT2D eigenvalue weighted by Crippen LogP contribution is -2.41. The van der Waals surface area contributed by atoms with Crippen molar-refractivity contribution in [2.75, 3.05) is 6.61 Å². The quantitative estimate of drug-likeness (QED) is 0.736. The largest absolute Gasteiger partial charge is 0.377 e. The predicted molar refractivity (Wildman–Crippen MR) is 64.8 cm³/mol. The number of ether oxygens (including phenoxy) is 1. The van der Waals surface area contributed by atoms with Gasteiger partial charge < -0.3 is 10.5 Å². The highest BCUT2D eigenvalue weighted by Gasteiger charge is 2.26. The zero-order valence-corrected chi connectivity index (χ0v) is 10.5. The molecule has 0 aromatic heterocycles. The number of hydrogen-bond donors (Lipinski definition) is 1. The Hall–Kier alpha value is -0.0800. The Balaban J connectivity index is 2.36. The summed E-state index contributed by atoms with van der Waals surface area (Å²) in [6, 6.07) is 0.230. The zero-order chi connectivity index (χ0) is 11.3. The summed E-state index contributed by atoms with van der Waals surface area (Å²) >= 11 is 0. The van der Waals surface area contributed by atoms with Crippen molar-refractivity contribution >= 4 is 0 Å². The molecule has 90 valence electrons. The molecule has 0 radical (unpaired) electrons. The molecule has 15 heavy (non-hydrogen) atoms. The van der Waals surface area contributed by atoms with E-state index < -0.39 is 0 Å². The van der Waals surface area contributed by atoms with Crippen molar-refractivity contribution in [2.45, 2.75) is 65.0 Å². The Morgan fingerprint density at radius 3 is 2.33 bits per heavy atom. The highest BCUT2D eigenvalue weighted by molar-refractivity contribution is 4.81. The second kappa shape index (κ2) is 6.49. The first kappa shape index (κ1) is 13.0. The van der Waals surface area contributed by atoms with Crippen molar-refractivity contribution in [1.29, 1.82) is 0 Å². The van der Waals surface area contributed by atoms with Crippen molar-refractivity contribution in [3.05, 3.63) is 0 Å². The van der Waals surface area contributed by atoms with Crippen LogP contribution in [0, 0.1) is 11.8 Å². The van der Waals surface area contributed by atoms with Gasteiger partial charge in [-0.2, -0.15) is 0 Å². The molecule has 0 aromatic rings. The molecule has 0 amide bonds. The van der Waals surface area contributed by atoms with E-state index in [4.69, 9.17) is 10.5 Å². The van der Waals surface area contributed by atoms with E-state index in [-0.39, 0.29) is 12.1 Å². The van der Waals surface area contributed by atoms with Crippen LogP contribution in [0.2, 0.25) is 0 Å². The third-order valence-corrected chi connectivity index (χ3v) is 3.52. The normalized spacial score (nSPS) is 22.2. The van der Waals surface area contributed by atoms with Gasteiger partial charge in [0.2, 0.25) is 0 Å². The van der Waals surface area contributed by atoms with E-state index in [1.54, 1.807) is 0 Å². The number of hydrogen-bond acceptors (Lipinski definition) is 2. The van der Waals surface area contributed by atoms with Crippen LogP contribution in [0.25, 0.3) is 0 Å². The molecule has 0 heterocycles. The Labute approximate surface area is 94.6 Å². The Kier molecular flexibility index (Phi) is 5.62. The van der Waals surface area contributed by atoms with Crippen LogP contribution in [0.15, 0.2) is 0 Å². The maximum absolute atomic E-state index is 6.26. The predicted octanol–water partition coefficient (Wildman–Crippen LogP) is 2.96. The molecule has 1 aliphatic rings. The topological polar surface area (TPSA) is 35.2 Å². The molecule has 1 rings (SSSR count). The van der Waals surface area contributed by atoms with Crippen molar-refractivity contribution in [1.82, 2.24) is 0 Å². The molecule has 0 aromatic carbocycles. The molecule has 0 saturated heterocycles. The molecule has 2 N–H and O–H groups in total. The maximum Gasteiger partial charge on any atom is 0.0748 e. The fourth-order valence-electron chi connectivity index (χ4n) is 2.77.